The standard InChI is InChI=1S/C26H36ClF3N2O3/c1-2-3-9-12-25(34)35-16-11-8-6-4-5-7-10-15-32(19-26(28,29)30)20-13-14-23-21(17-20)22(27)18-24(33)31-23/h13-14,17-18H,2-12,15-16,19H2,1H3,(H,31,33). The van der Waals surface area contributed by atoms with Gasteiger partial charge in [-0.25, -0.2) is 0 Å². The Hall–Kier alpha value is -2.22. The maximum atomic E-state index is 13.2. The van der Waals surface area contributed by atoms with Crippen LogP contribution in [0.4, 0.5) is 18.9 Å². The smallest absolute Gasteiger partial charge is 0.405 e. The average Bonchev–Trinajstić information content (AvgIpc) is 2.78. The van der Waals surface area contributed by atoms with Gasteiger partial charge in [0.15, 0.2) is 0 Å². The van der Waals surface area contributed by atoms with Gasteiger partial charge in [0.25, 0.3) is 0 Å². The van der Waals surface area contributed by atoms with Crippen molar-refractivity contribution in [2.75, 3.05) is 24.6 Å². The third-order valence-corrected chi connectivity index (χ3v) is 6.14. The summed E-state index contributed by atoms with van der Waals surface area (Å²) in [5, 5.41) is 0.728. The van der Waals surface area contributed by atoms with Crippen LogP contribution in [0.3, 0.4) is 0 Å². The molecule has 0 saturated heterocycles. The second-order valence-electron chi connectivity index (χ2n) is 8.90. The Morgan fingerprint density at radius 1 is 1.00 bits per heavy atom. The van der Waals surface area contributed by atoms with Gasteiger partial charge in [0.2, 0.25) is 5.56 Å². The Labute approximate surface area is 210 Å². The number of aromatic amines is 1. The van der Waals surface area contributed by atoms with E-state index in [1.165, 1.54) is 11.0 Å². The third kappa shape index (κ3) is 11.4. The zero-order valence-electron chi connectivity index (χ0n) is 20.4. The molecule has 196 valence electrons. The zero-order chi connectivity index (χ0) is 25.7. The molecule has 5 nitrogen and oxygen atoms in total. The summed E-state index contributed by atoms with van der Waals surface area (Å²) in [6.45, 7) is 1.79. The van der Waals surface area contributed by atoms with E-state index in [-0.39, 0.29) is 23.1 Å². The number of fused-ring (bicyclic) bond motifs is 1. The minimum absolute atomic E-state index is 0.121. The number of nitrogens with one attached hydrogen (secondary N) is 1. The van der Waals surface area contributed by atoms with Gasteiger partial charge in [-0.15, -0.1) is 0 Å². The van der Waals surface area contributed by atoms with Crippen molar-refractivity contribution in [3.8, 4) is 0 Å². The van der Waals surface area contributed by atoms with Crippen LogP contribution in [0.15, 0.2) is 29.1 Å². The molecule has 1 heterocycles. The summed E-state index contributed by atoms with van der Waals surface area (Å²) in [6.07, 6.45) is 5.42. The van der Waals surface area contributed by atoms with E-state index in [1.54, 1.807) is 18.2 Å². The topological polar surface area (TPSA) is 62.4 Å². The number of alkyl halides is 3. The largest absolute Gasteiger partial charge is 0.466 e. The molecule has 0 spiro atoms. The third-order valence-electron chi connectivity index (χ3n) is 5.83. The number of nitrogens with zero attached hydrogens (tertiary/aromatic N) is 1. The molecule has 0 fully saturated rings. The molecule has 0 atom stereocenters. The molecule has 0 aliphatic heterocycles. The van der Waals surface area contributed by atoms with E-state index in [0.29, 0.717) is 36.0 Å². The number of hydrogen-bond acceptors (Lipinski definition) is 4. The first-order chi connectivity index (χ1) is 16.7. The second-order valence-corrected chi connectivity index (χ2v) is 9.31. The van der Waals surface area contributed by atoms with Crippen molar-refractivity contribution in [1.82, 2.24) is 4.98 Å². The maximum Gasteiger partial charge on any atom is 0.405 e. The summed E-state index contributed by atoms with van der Waals surface area (Å²) in [7, 11) is 0. The molecule has 0 aliphatic carbocycles. The number of benzene rings is 1. The first-order valence-electron chi connectivity index (χ1n) is 12.5. The highest BCUT2D eigenvalue weighted by molar-refractivity contribution is 6.35. The number of H-pyrrole nitrogens is 1. The molecule has 0 radical (unpaired) electrons. The van der Waals surface area contributed by atoms with Gasteiger partial charge in [0.05, 0.1) is 11.6 Å². The predicted molar refractivity (Wildman–Crippen MR) is 135 cm³/mol. The number of anilines is 1. The molecule has 35 heavy (non-hydrogen) atoms. The summed E-state index contributed by atoms with van der Waals surface area (Å²) in [5.74, 6) is -0.121. The lowest BCUT2D eigenvalue weighted by Crippen LogP contribution is -2.35. The van der Waals surface area contributed by atoms with E-state index < -0.39 is 12.7 Å². The first-order valence-corrected chi connectivity index (χ1v) is 12.9. The SMILES string of the molecule is CCCCCC(=O)OCCCCCCCCCN(CC(F)(F)F)c1ccc2[nH]c(=O)cc(Cl)c2c1. The fourth-order valence-corrected chi connectivity index (χ4v) is 4.23. The molecule has 1 N–H and O–H groups in total. The van der Waals surface area contributed by atoms with Gasteiger partial charge in [-0.3, -0.25) is 9.59 Å². The Bertz CT molecular complexity index is 978. The molecule has 1 aromatic carbocycles. The predicted octanol–water partition coefficient (Wildman–Crippen LogP) is 7.40. The quantitative estimate of drug-likeness (QED) is 0.186. The minimum atomic E-state index is -4.33. The number of halogens is 4. The van der Waals surface area contributed by atoms with Crippen LogP contribution in [0.5, 0.6) is 0 Å². The number of hydrogen-bond donors (Lipinski definition) is 1. The molecule has 2 rings (SSSR count). The van der Waals surface area contributed by atoms with Crippen molar-refractivity contribution in [2.45, 2.75) is 83.7 Å². The van der Waals surface area contributed by atoms with Crippen LogP contribution in [-0.4, -0.2) is 36.8 Å². The van der Waals surface area contributed by atoms with Gasteiger partial charge >= 0.3 is 12.1 Å². The van der Waals surface area contributed by atoms with Gasteiger partial charge in [-0.2, -0.15) is 13.2 Å². The number of carbonyl (C=O) groups is 1. The second kappa shape index (κ2) is 15.0. The minimum Gasteiger partial charge on any atom is -0.466 e. The van der Waals surface area contributed by atoms with Crippen molar-refractivity contribution in [3.63, 3.8) is 0 Å². The van der Waals surface area contributed by atoms with Crippen LogP contribution >= 0.6 is 11.6 Å². The van der Waals surface area contributed by atoms with Crippen LogP contribution < -0.4 is 10.5 Å². The summed E-state index contributed by atoms with van der Waals surface area (Å²) >= 11 is 6.13. The normalized spacial score (nSPS) is 11.7. The molecule has 0 saturated carbocycles. The van der Waals surface area contributed by atoms with Crippen molar-refractivity contribution in [1.29, 1.82) is 0 Å². The van der Waals surface area contributed by atoms with Gasteiger partial charge < -0.3 is 14.6 Å². The van der Waals surface area contributed by atoms with E-state index in [9.17, 15) is 22.8 Å². The van der Waals surface area contributed by atoms with Crippen LogP contribution in [-0.2, 0) is 9.53 Å². The van der Waals surface area contributed by atoms with Crippen molar-refractivity contribution < 1.29 is 22.7 Å². The molecule has 0 amide bonds. The summed E-state index contributed by atoms with van der Waals surface area (Å²) in [6, 6.07) is 5.98. The average molecular weight is 517 g/mol. The summed E-state index contributed by atoms with van der Waals surface area (Å²) in [4.78, 5) is 27.1. The van der Waals surface area contributed by atoms with Crippen LogP contribution in [0.25, 0.3) is 10.9 Å². The van der Waals surface area contributed by atoms with Gasteiger partial charge in [-0.1, -0.05) is 63.5 Å². The molecule has 0 bridgehead atoms. The number of unbranched alkanes of at least 4 members (excludes halogenated alkanes) is 8. The van der Waals surface area contributed by atoms with E-state index >= 15 is 0 Å². The zero-order valence-corrected chi connectivity index (χ0v) is 21.1. The van der Waals surface area contributed by atoms with Gasteiger partial charge in [-0.05, 0) is 37.5 Å². The Morgan fingerprint density at radius 2 is 1.69 bits per heavy atom. The van der Waals surface area contributed by atoms with E-state index in [0.717, 1.165) is 57.8 Å². The highest BCUT2D eigenvalue weighted by Gasteiger charge is 2.31. The van der Waals surface area contributed by atoms with Gasteiger partial charge in [0, 0.05) is 35.6 Å². The van der Waals surface area contributed by atoms with Crippen LogP contribution in [0, 0.1) is 0 Å². The fourth-order valence-electron chi connectivity index (χ4n) is 3.98. The number of aromatic nitrogens is 1. The highest BCUT2D eigenvalue weighted by atomic mass is 35.5. The molecular weight excluding hydrogens is 481 g/mol. The lowest BCUT2D eigenvalue weighted by atomic mass is 10.1. The Kier molecular flexibility index (Phi) is 12.4. The first kappa shape index (κ1) is 29.0. The lowest BCUT2D eigenvalue weighted by Gasteiger charge is -2.26. The molecule has 9 heteroatoms. The maximum absolute atomic E-state index is 13.2. The number of carbonyl (C=O) groups excluding carboxylic acids is 1. The van der Waals surface area contributed by atoms with Crippen molar-refractivity contribution >= 4 is 34.2 Å². The van der Waals surface area contributed by atoms with Crippen molar-refractivity contribution in [3.05, 3.63) is 39.6 Å². The Morgan fingerprint density at radius 3 is 2.37 bits per heavy atom. The van der Waals surface area contributed by atoms with Crippen LogP contribution in [0.1, 0.15) is 77.6 Å². The molecule has 2 aromatic rings. The van der Waals surface area contributed by atoms with E-state index in [2.05, 4.69) is 11.9 Å². The molecular formula is C26H36ClF3N2O3. The number of pyridine rings is 1. The van der Waals surface area contributed by atoms with Crippen molar-refractivity contribution in [2.24, 2.45) is 0 Å². The number of ether oxygens (including phenoxy) is 1. The highest BCUT2D eigenvalue weighted by Crippen LogP contribution is 2.28. The Balaban J connectivity index is 1.72. The van der Waals surface area contributed by atoms with Gasteiger partial charge in [0.1, 0.15) is 6.54 Å². The molecule has 0 unspecified atom stereocenters. The number of esters is 1. The fraction of sp³-hybridized carbons (Fsp3) is 0.615. The van der Waals surface area contributed by atoms with Crippen LogP contribution in [0.2, 0.25) is 5.02 Å². The number of rotatable bonds is 16. The van der Waals surface area contributed by atoms with E-state index in [1.807, 2.05) is 0 Å². The molecule has 1 aromatic heterocycles. The lowest BCUT2D eigenvalue weighted by molar-refractivity contribution is -0.143. The summed E-state index contributed by atoms with van der Waals surface area (Å²) in [5.41, 5.74) is 0.559. The molecule has 0 aliphatic rings. The van der Waals surface area contributed by atoms with E-state index in [4.69, 9.17) is 16.3 Å². The summed E-state index contributed by atoms with van der Waals surface area (Å²) < 4.78 is 44.8. The monoisotopic (exact) mass is 516 g/mol.